The summed E-state index contributed by atoms with van der Waals surface area (Å²) in [6.07, 6.45) is 0. The van der Waals surface area contributed by atoms with Crippen molar-refractivity contribution in [3.63, 3.8) is 0 Å². The largest absolute Gasteiger partial charge is 0.485 e. The van der Waals surface area contributed by atoms with Crippen LogP contribution in [0.3, 0.4) is 0 Å². The van der Waals surface area contributed by atoms with E-state index in [-0.39, 0.29) is 18.1 Å². The van der Waals surface area contributed by atoms with Gasteiger partial charge in [-0.1, -0.05) is 23.7 Å². The number of ether oxygens (including phenoxy) is 1. The van der Waals surface area contributed by atoms with E-state index in [0.717, 1.165) is 4.57 Å². The van der Waals surface area contributed by atoms with E-state index < -0.39 is 0 Å². The Morgan fingerprint density at radius 2 is 1.93 bits per heavy atom. The highest BCUT2D eigenvalue weighted by atomic mass is 35.5. The van der Waals surface area contributed by atoms with Crippen molar-refractivity contribution in [3.8, 4) is 5.75 Å². The Kier molecular flexibility index (Phi) is 5.05. The highest BCUT2D eigenvalue weighted by Gasteiger charge is 2.11. The first-order valence-electron chi connectivity index (χ1n) is 8.78. The number of para-hydroxylation sites is 2. The number of aromatic nitrogens is 2. The molecule has 0 saturated heterocycles. The van der Waals surface area contributed by atoms with Crippen LogP contribution in [0.1, 0.15) is 21.8 Å². The number of aryl methyl sites for hydroxylation is 1. The fourth-order valence-electron chi connectivity index (χ4n) is 2.79. The van der Waals surface area contributed by atoms with Gasteiger partial charge >= 0.3 is 0 Å². The van der Waals surface area contributed by atoms with E-state index in [1.54, 1.807) is 61.5 Å². The fourth-order valence-corrected chi connectivity index (χ4v) is 2.92. The summed E-state index contributed by atoms with van der Waals surface area (Å²) in [5, 5.41) is 3.37. The van der Waals surface area contributed by atoms with Gasteiger partial charge < -0.3 is 14.6 Å². The molecular weight excluding hydrogens is 394 g/mol. The minimum absolute atomic E-state index is 0.0593. The maximum atomic E-state index is 12.5. The van der Waals surface area contributed by atoms with Crippen LogP contribution in [0.4, 0.5) is 5.69 Å². The molecule has 2 heterocycles. The molecule has 0 fully saturated rings. The molecule has 1 amide bonds. The average Bonchev–Trinajstić information content (AvgIpc) is 3.08. The quantitative estimate of drug-likeness (QED) is 0.536. The van der Waals surface area contributed by atoms with Crippen molar-refractivity contribution in [1.29, 1.82) is 0 Å². The van der Waals surface area contributed by atoms with Crippen LogP contribution in [-0.4, -0.2) is 15.5 Å². The predicted octanol–water partition coefficient (Wildman–Crippen LogP) is 4.08. The van der Waals surface area contributed by atoms with Gasteiger partial charge in [0.25, 0.3) is 11.5 Å². The highest BCUT2D eigenvalue weighted by molar-refractivity contribution is 6.30. The van der Waals surface area contributed by atoms with E-state index >= 15 is 0 Å². The summed E-state index contributed by atoms with van der Waals surface area (Å²) in [5.74, 6) is 0.757. The van der Waals surface area contributed by atoms with Crippen LogP contribution in [0, 0.1) is 6.92 Å². The number of rotatable bonds is 5. The molecule has 0 atom stereocenters. The third kappa shape index (κ3) is 4.14. The third-order valence-electron chi connectivity index (χ3n) is 4.14. The number of nitrogens with one attached hydrogen (secondary N) is 1. The zero-order valence-electron chi connectivity index (χ0n) is 15.4. The summed E-state index contributed by atoms with van der Waals surface area (Å²) in [6.45, 7) is 1.80. The summed E-state index contributed by atoms with van der Waals surface area (Å²) in [4.78, 5) is 29.0. The summed E-state index contributed by atoms with van der Waals surface area (Å²) >= 11 is 5.86. The third-order valence-corrected chi connectivity index (χ3v) is 4.39. The van der Waals surface area contributed by atoms with Gasteiger partial charge in [0.05, 0.1) is 11.4 Å². The van der Waals surface area contributed by atoms with Gasteiger partial charge in [0.1, 0.15) is 18.1 Å². The summed E-state index contributed by atoms with van der Waals surface area (Å²) in [5.41, 5.74) is 1.52. The number of halogens is 1. The van der Waals surface area contributed by atoms with Gasteiger partial charge in [-0.15, -0.1) is 4.57 Å². The zero-order chi connectivity index (χ0) is 20.4. The molecule has 8 heteroatoms. The minimum atomic E-state index is -0.328. The van der Waals surface area contributed by atoms with E-state index in [1.807, 2.05) is 0 Å². The van der Waals surface area contributed by atoms with Crippen LogP contribution in [0.15, 0.2) is 70.0 Å². The maximum Gasteiger partial charge on any atom is 0.287 e. The molecule has 0 bridgehead atoms. The van der Waals surface area contributed by atoms with E-state index in [9.17, 15) is 9.59 Å². The topological polar surface area (TPSA) is 85.8 Å². The normalized spacial score (nSPS) is 10.8. The molecule has 0 radical (unpaired) electrons. The van der Waals surface area contributed by atoms with Crippen LogP contribution in [0.25, 0.3) is 5.65 Å². The monoisotopic (exact) mass is 409 g/mol. The lowest BCUT2D eigenvalue weighted by Gasteiger charge is -2.12. The Morgan fingerprint density at radius 3 is 2.72 bits per heavy atom. The first kappa shape index (κ1) is 18.8. The number of nitrogens with zero attached hydrogens (tertiary/aromatic N) is 2. The Labute approximate surface area is 170 Å². The molecule has 0 spiro atoms. The van der Waals surface area contributed by atoms with E-state index in [1.165, 1.54) is 6.07 Å². The first-order chi connectivity index (χ1) is 14.0. The molecule has 0 unspecified atom stereocenters. The molecule has 146 valence electrons. The van der Waals surface area contributed by atoms with Crippen LogP contribution >= 0.6 is 11.6 Å². The van der Waals surface area contributed by atoms with Crippen molar-refractivity contribution in [2.45, 2.75) is 13.5 Å². The van der Waals surface area contributed by atoms with Gasteiger partial charge in [-0.05, 0) is 43.3 Å². The lowest BCUT2D eigenvalue weighted by atomic mass is 10.2. The average molecular weight is 410 g/mol. The minimum Gasteiger partial charge on any atom is -0.485 e. The SMILES string of the molecule is Cc1cc2nc(COc3ccccc3NC(=O)c3ccc(Cl)cc3)cc(=O)n2o1. The van der Waals surface area contributed by atoms with E-state index in [2.05, 4.69) is 10.3 Å². The smallest absolute Gasteiger partial charge is 0.287 e. The number of amides is 1. The lowest BCUT2D eigenvalue weighted by Crippen LogP contribution is -2.15. The van der Waals surface area contributed by atoms with Crippen molar-refractivity contribution in [1.82, 2.24) is 9.56 Å². The number of hydrogen-bond donors (Lipinski definition) is 1. The molecule has 0 aliphatic rings. The first-order valence-corrected chi connectivity index (χ1v) is 9.16. The summed E-state index contributed by atoms with van der Waals surface area (Å²) < 4.78 is 12.2. The molecule has 2 aromatic carbocycles. The number of carbonyl (C=O) groups excluding carboxylic acids is 1. The number of hydrogen-bond acceptors (Lipinski definition) is 5. The Hall–Kier alpha value is -3.58. The Morgan fingerprint density at radius 1 is 1.17 bits per heavy atom. The highest BCUT2D eigenvalue weighted by Crippen LogP contribution is 2.25. The molecule has 0 aliphatic heterocycles. The van der Waals surface area contributed by atoms with Gasteiger partial charge in [-0.3, -0.25) is 9.59 Å². The van der Waals surface area contributed by atoms with Gasteiger partial charge in [0.2, 0.25) is 0 Å². The van der Waals surface area contributed by atoms with Gasteiger partial charge in [-0.2, -0.15) is 0 Å². The lowest BCUT2D eigenvalue weighted by molar-refractivity contribution is 0.102. The predicted molar refractivity (Wildman–Crippen MR) is 109 cm³/mol. The van der Waals surface area contributed by atoms with Gasteiger partial charge in [0, 0.05) is 22.7 Å². The molecule has 4 aromatic rings. The molecule has 4 rings (SSSR count). The number of anilines is 1. The molecule has 29 heavy (non-hydrogen) atoms. The van der Waals surface area contributed by atoms with Gasteiger partial charge in [0.15, 0.2) is 5.65 Å². The second kappa shape index (κ2) is 7.81. The van der Waals surface area contributed by atoms with E-state index in [4.69, 9.17) is 20.9 Å². The van der Waals surface area contributed by atoms with Crippen molar-refractivity contribution in [2.24, 2.45) is 0 Å². The van der Waals surface area contributed by atoms with Crippen LogP contribution in [0.2, 0.25) is 5.02 Å². The Balaban J connectivity index is 1.52. The van der Waals surface area contributed by atoms with Crippen molar-refractivity contribution >= 4 is 28.8 Å². The molecule has 2 aromatic heterocycles. The van der Waals surface area contributed by atoms with Crippen LogP contribution < -0.4 is 15.6 Å². The molecule has 7 nitrogen and oxygen atoms in total. The Bertz CT molecular complexity index is 1250. The summed E-state index contributed by atoms with van der Waals surface area (Å²) in [7, 11) is 0. The number of fused-ring (bicyclic) bond motifs is 1. The molecular formula is C21H16ClN3O4. The zero-order valence-corrected chi connectivity index (χ0v) is 16.1. The fraction of sp³-hybridized carbons (Fsp3) is 0.0952. The molecule has 0 saturated carbocycles. The van der Waals surface area contributed by atoms with Crippen molar-refractivity contribution in [2.75, 3.05) is 5.32 Å². The second-order valence-electron chi connectivity index (χ2n) is 6.33. The number of carbonyl (C=O) groups is 1. The van der Waals surface area contributed by atoms with E-state index in [0.29, 0.717) is 39.1 Å². The summed E-state index contributed by atoms with van der Waals surface area (Å²) in [6, 6.07) is 16.6. The number of benzene rings is 2. The van der Waals surface area contributed by atoms with Crippen molar-refractivity contribution in [3.05, 3.63) is 93.1 Å². The van der Waals surface area contributed by atoms with Crippen LogP contribution in [0.5, 0.6) is 5.75 Å². The van der Waals surface area contributed by atoms with Crippen LogP contribution in [-0.2, 0) is 6.61 Å². The maximum absolute atomic E-state index is 12.5. The molecule has 0 aliphatic carbocycles. The molecule has 1 N–H and O–H groups in total. The van der Waals surface area contributed by atoms with Crippen molar-refractivity contribution < 1.29 is 14.1 Å². The standard InChI is InChI=1S/C21H16ClN3O4/c1-13-10-19-23-16(11-20(26)25(19)29-13)12-28-18-5-3-2-4-17(18)24-21(27)14-6-8-15(22)9-7-14/h2-11H,12H2,1H3,(H,24,27). The second-order valence-corrected chi connectivity index (χ2v) is 6.77. The van der Waals surface area contributed by atoms with Gasteiger partial charge in [-0.25, -0.2) is 4.98 Å².